The first-order chi connectivity index (χ1) is 10.7. The van der Waals surface area contributed by atoms with Gasteiger partial charge in [0.15, 0.2) is 0 Å². The van der Waals surface area contributed by atoms with Crippen molar-refractivity contribution in [3.05, 3.63) is 29.8 Å². The lowest BCUT2D eigenvalue weighted by Gasteiger charge is -2.42. The van der Waals surface area contributed by atoms with Crippen molar-refractivity contribution in [1.82, 2.24) is 4.90 Å². The molecule has 0 amide bonds. The van der Waals surface area contributed by atoms with Gasteiger partial charge in [0.1, 0.15) is 17.1 Å². The summed E-state index contributed by atoms with van der Waals surface area (Å²) in [5, 5.41) is 0. The van der Waals surface area contributed by atoms with E-state index in [2.05, 4.69) is 23.1 Å². The molecule has 4 heteroatoms. The van der Waals surface area contributed by atoms with Gasteiger partial charge in [-0.05, 0) is 50.7 Å². The van der Waals surface area contributed by atoms with Crippen LogP contribution in [-0.4, -0.2) is 43.3 Å². The van der Waals surface area contributed by atoms with E-state index in [9.17, 15) is 0 Å². The van der Waals surface area contributed by atoms with E-state index in [-0.39, 0.29) is 5.60 Å². The van der Waals surface area contributed by atoms with Crippen LogP contribution in [0.1, 0.15) is 31.7 Å². The Morgan fingerprint density at radius 3 is 2.86 bits per heavy atom. The highest BCUT2D eigenvalue weighted by atomic mass is 16.5. The Morgan fingerprint density at radius 1 is 1.32 bits per heavy atom. The molecule has 3 rings (SSSR count). The highest BCUT2D eigenvalue weighted by molar-refractivity contribution is 5.63. The molecule has 22 heavy (non-hydrogen) atoms. The molecular formula is C18H26N2O2. The van der Waals surface area contributed by atoms with Crippen LogP contribution in [0.5, 0.6) is 11.5 Å². The van der Waals surface area contributed by atoms with Crippen molar-refractivity contribution in [2.45, 2.75) is 31.8 Å². The van der Waals surface area contributed by atoms with Gasteiger partial charge < -0.3 is 20.1 Å². The molecule has 2 heterocycles. The molecule has 0 unspecified atom stereocenters. The molecule has 1 aromatic carbocycles. The first kappa shape index (κ1) is 15.4. The first-order valence-corrected chi connectivity index (χ1v) is 8.32. The lowest BCUT2D eigenvalue weighted by atomic mass is 9.88. The topological polar surface area (TPSA) is 47.7 Å². The van der Waals surface area contributed by atoms with Crippen LogP contribution in [0.15, 0.2) is 24.3 Å². The summed E-state index contributed by atoms with van der Waals surface area (Å²) >= 11 is 0. The Morgan fingerprint density at radius 2 is 2.14 bits per heavy atom. The minimum Gasteiger partial charge on any atom is -0.494 e. The summed E-state index contributed by atoms with van der Waals surface area (Å²) in [6.45, 7) is 6.72. The molecule has 2 aliphatic rings. The molecule has 120 valence electrons. The van der Waals surface area contributed by atoms with E-state index in [1.807, 2.05) is 19.1 Å². The number of nitrogens with two attached hydrogens (primary N) is 1. The average Bonchev–Trinajstić information content (AvgIpc) is 2.55. The number of nitrogens with zero attached hydrogens (tertiary/aromatic N) is 1. The van der Waals surface area contributed by atoms with Gasteiger partial charge in [0.05, 0.1) is 6.61 Å². The Balaban J connectivity index is 1.66. The Bertz CT molecular complexity index is 534. The van der Waals surface area contributed by atoms with Crippen molar-refractivity contribution in [2.24, 2.45) is 5.73 Å². The maximum absolute atomic E-state index is 6.35. The summed E-state index contributed by atoms with van der Waals surface area (Å²) in [6, 6.07) is 6.08. The zero-order chi connectivity index (χ0) is 15.4. The molecule has 2 aliphatic heterocycles. The summed E-state index contributed by atoms with van der Waals surface area (Å²) in [6.07, 6.45) is 7.59. The standard InChI is InChI=1S/C18H26N2O2/c1-2-21-16-4-5-17-15(14-16)6-7-18(22-17)8-12-20(13-9-18)11-3-10-19/h4-7,14H,2-3,8-13,19H2,1H3. The molecule has 1 fully saturated rings. The van der Waals surface area contributed by atoms with Crippen LogP contribution < -0.4 is 15.2 Å². The van der Waals surface area contributed by atoms with Gasteiger partial charge in [-0.1, -0.05) is 6.08 Å². The molecule has 4 nitrogen and oxygen atoms in total. The molecule has 1 aromatic rings. The summed E-state index contributed by atoms with van der Waals surface area (Å²) < 4.78 is 11.9. The largest absolute Gasteiger partial charge is 0.494 e. The van der Waals surface area contributed by atoms with E-state index in [4.69, 9.17) is 15.2 Å². The molecule has 1 spiro atoms. The van der Waals surface area contributed by atoms with Crippen molar-refractivity contribution >= 4 is 6.08 Å². The third-order valence-electron chi connectivity index (χ3n) is 4.55. The van der Waals surface area contributed by atoms with Crippen LogP contribution in [0.2, 0.25) is 0 Å². The van der Waals surface area contributed by atoms with Crippen molar-refractivity contribution in [3.63, 3.8) is 0 Å². The van der Waals surface area contributed by atoms with E-state index >= 15 is 0 Å². The number of piperidine rings is 1. The van der Waals surface area contributed by atoms with Crippen molar-refractivity contribution in [2.75, 3.05) is 32.8 Å². The number of hydrogen-bond acceptors (Lipinski definition) is 4. The predicted molar refractivity (Wildman–Crippen MR) is 89.3 cm³/mol. The molecule has 0 aromatic heterocycles. The minimum atomic E-state index is -0.126. The number of rotatable bonds is 5. The molecule has 0 saturated carbocycles. The minimum absolute atomic E-state index is 0.126. The maximum Gasteiger partial charge on any atom is 0.130 e. The number of ether oxygens (including phenoxy) is 2. The average molecular weight is 302 g/mol. The van der Waals surface area contributed by atoms with Crippen LogP contribution in [0.4, 0.5) is 0 Å². The molecule has 0 atom stereocenters. The summed E-state index contributed by atoms with van der Waals surface area (Å²) in [4.78, 5) is 2.49. The maximum atomic E-state index is 6.35. The van der Waals surface area contributed by atoms with Crippen LogP contribution in [0.3, 0.4) is 0 Å². The van der Waals surface area contributed by atoms with Gasteiger partial charge in [0.2, 0.25) is 0 Å². The fourth-order valence-electron chi connectivity index (χ4n) is 3.24. The van der Waals surface area contributed by atoms with E-state index in [0.717, 1.165) is 62.5 Å². The van der Waals surface area contributed by atoms with Gasteiger partial charge in [-0.3, -0.25) is 0 Å². The van der Waals surface area contributed by atoms with Gasteiger partial charge >= 0.3 is 0 Å². The monoisotopic (exact) mass is 302 g/mol. The number of hydrogen-bond donors (Lipinski definition) is 1. The van der Waals surface area contributed by atoms with Gasteiger partial charge in [-0.25, -0.2) is 0 Å². The van der Waals surface area contributed by atoms with Crippen molar-refractivity contribution in [3.8, 4) is 11.5 Å². The fraction of sp³-hybridized carbons (Fsp3) is 0.556. The van der Waals surface area contributed by atoms with Crippen LogP contribution in [-0.2, 0) is 0 Å². The van der Waals surface area contributed by atoms with Crippen LogP contribution in [0.25, 0.3) is 6.08 Å². The predicted octanol–water partition coefficient (Wildman–Crippen LogP) is 2.67. The molecule has 1 saturated heterocycles. The quantitative estimate of drug-likeness (QED) is 0.908. The van der Waals surface area contributed by atoms with Gasteiger partial charge in [-0.2, -0.15) is 0 Å². The Labute approximate surface area is 132 Å². The number of benzene rings is 1. The molecule has 0 bridgehead atoms. The van der Waals surface area contributed by atoms with E-state index in [1.165, 1.54) is 0 Å². The fourth-order valence-corrected chi connectivity index (χ4v) is 3.24. The Kier molecular flexibility index (Phi) is 4.69. The highest BCUT2D eigenvalue weighted by Gasteiger charge is 2.36. The van der Waals surface area contributed by atoms with Gasteiger partial charge in [-0.15, -0.1) is 0 Å². The van der Waals surface area contributed by atoms with Crippen molar-refractivity contribution < 1.29 is 9.47 Å². The zero-order valence-electron chi connectivity index (χ0n) is 13.4. The lowest BCUT2D eigenvalue weighted by Crippen LogP contribution is -2.47. The summed E-state index contributed by atoms with van der Waals surface area (Å²) in [5.74, 6) is 1.88. The normalized spacial score (nSPS) is 19.7. The second kappa shape index (κ2) is 6.71. The second-order valence-electron chi connectivity index (χ2n) is 6.12. The summed E-state index contributed by atoms with van der Waals surface area (Å²) in [5.41, 5.74) is 6.58. The van der Waals surface area contributed by atoms with E-state index in [1.54, 1.807) is 0 Å². The zero-order valence-corrected chi connectivity index (χ0v) is 13.4. The third-order valence-corrected chi connectivity index (χ3v) is 4.55. The van der Waals surface area contributed by atoms with Crippen molar-refractivity contribution in [1.29, 1.82) is 0 Å². The third kappa shape index (κ3) is 3.28. The number of fused-ring (bicyclic) bond motifs is 1. The highest BCUT2D eigenvalue weighted by Crippen LogP contribution is 2.38. The summed E-state index contributed by atoms with van der Waals surface area (Å²) in [7, 11) is 0. The molecule has 0 aliphatic carbocycles. The number of likely N-dealkylation sites (tertiary alicyclic amines) is 1. The van der Waals surface area contributed by atoms with E-state index < -0.39 is 0 Å². The second-order valence-corrected chi connectivity index (χ2v) is 6.12. The Hall–Kier alpha value is -1.52. The smallest absolute Gasteiger partial charge is 0.130 e. The van der Waals surface area contributed by atoms with E-state index in [0.29, 0.717) is 6.61 Å². The van der Waals surface area contributed by atoms with Gasteiger partial charge in [0, 0.05) is 31.5 Å². The molecular weight excluding hydrogens is 276 g/mol. The van der Waals surface area contributed by atoms with Crippen LogP contribution >= 0.6 is 0 Å². The van der Waals surface area contributed by atoms with Crippen LogP contribution in [0, 0.1) is 0 Å². The lowest BCUT2D eigenvalue weighted by molar-refractivity contribution is 0.0386. The molecule has 2 N–H and O–H groups in total. The van der Waals surface area contributed by atoms with Gasteiger partial charge in [0.25, 0.3) is 0 Å². The molecule has 0 radical (unpaired) electrons. The SMILES string of the molecule is CCOc1ccc2c(c1)C=CC1(CCN(CCCN)CC1)O2. The first-order valence-electron chi connectivity index (χ1n) is 8.32.